The fourth-order valence-corrected chi connectivity index (χ4v) is 4.87. The number of benzene rings is 4. The van der Waals surface area contributed by atoms with Crippen LogP contribution in [-0.4, -0.2) is 18.1 Å². The number of aromatic hydroxyl groups is 1. The van der Waals surface area contributed by atoms with Crippen molar-refractivity contribution in [1.82, 2.24) is 0 Å². The van der Waals surface area contributed by atoms with Crippen molar-refractivity contribution >= 4 is 10.1 Å². The van der Waals surface area contributed by atoms with Crippen LogP contribution in [-0.2, 0) is 10.1 Å². The first-order valence-electron chi connectivity index (χ1n) is 10.8. The van der Waals surface area contributed by atoms with Gasteiger partial charge in [0.25, 0.3) is 10.1 Å². The Balaban J connectivity index is 1.78. The van der Waals surface area contributed by atoms with Crippen LogP contribution in [0.4, 0.5) is 0 Å². The second-order valence-electron chi connectivity index (χ2n) is 8.24. The smallest absolute Gasteiger partial charge is 0.298 e. The summed E-state index contributed by atoms with van der Waals surface area (Å²) in [5, 5.41) is 11.0. The van der Waals surface area contributed by atoms with Gasteiger partial charge < -0.3 is 5.11 Å². The summed E-state index contributed by atoms with van der Waals surface area (Å²) < 4.78 is 33.4. The Labute approximate surface area is 194 Å². The summed E-state index contributed by atoms with van der Waals surface area (Å²) in [6.45, 7) is 4.08. The predicted octanol–water partition coefficient (Wildman–Crippen LogP) is 6.61. The Bertz CT molecular complexity index is 1350. The van der Waals surface area contributed by atoms with Crippen LogP contribution in [0, 0.1) is 0 Å². The second-order valence-corrected chi connectivity index (χ2v) is 9.63. The zero-order chi connectivity index (χ0) is 23.6. The Morgan fingerprint density at radius 2 is 1.12 bits per heavy atom. The van der Waals surface area contributed by atoms with E-state index < -0.39 is 20.8 Å². The molecule has 4 rings (SSSR count). The van der Waals surface area contributed by atoms with Crippen molar-refractivity contribution in [3.05, 3.63) is 119 Å². The van der Waals surface area contributed by atoms with Crippen LogP contribution in [0.15, 0.2) is 102 Å². The molecule has 2 N–H and O–H groups in total. The fourth-order valence-electron chi connectivity index (χ4n) is 4.28. The molecule has 2 atom stereocenters. The van der Waals surface area contributed by atoms with Gasteiger partial charge in [-0.15, -0.1) is 0 Å². The Hall–Kier alpha value is -3.41. The van der Waals surface area contributed by atoms with Crippen molar-refractivity contribution < 1.29 is 18.1 Å². The lowest BCUT2D eigenvalue weighted by molar-refractivity contribution is 0.437. The molecule has 0 aliphatic carbocycles. The molecule has 0 amide bonds. The van der Waals surface area contributed by atoms with Crippen molar-refractivity contribution in [1.29, 1.82) is 0 Å². The highest BCUT2D eigenvalue weighted by atomic mass is 32.2. The van der Waals surface area contributed by atoms with E-state index in [1.165, 1.54) is 11.6 Å². The fraction of sp³-hybridized carbons (Fsp3) is 0.143. The van der Waals surface area contributed by atoms with Gasteiger partial charge >= 0.3 is 0 Å². The number of phenolic OH excluding ortho intramolecular Hbond substituents is 1. The monoisotopic (exact) mass is 458 g/mol. The van der Waals surface area contributed by atoms with Gasteiger partial charge in [-0.3, -0.25) is 4.55 Å². The molecule has 168 valence electrons. The lowest BCUT2D eigenvalue weighted by Crippen LogP contribution is -2.05. The van der Waals surface area contributed by atoms with Gasteiger partial charge in [-0.25, -0.2) is 0 Å². The molecule has 2 unspecified atom stereocenters. The summed E-state index contributed by atoms with van der Waals surface area (Å²) in [5.74, 6) is -0.511. The summed E-state index contributed by atoms with van der Waals surface area (Å²) in [4.78, 5) is -0.488. The van der Waals surface area contributed by atoms with Gasteiger partial charge in [-0.05, 0) is 33.9 Å². The molecule has 4 nitrogen and oxygen atoms in total. The van der Waals surface area contributed by atoms with Gasteiger partial charge in [0.05, 0.1) is 0 Å². The quantitative estimate of drug-likeness (QED) is 0.319. The van der Waals surface area contributed by atoms with Crippen LogP contribution in [0.3, 0.4) is 0 Å². The summed E-state index contributed by atoms with van der Waals surface area (Å²) in [6.07, 6.45) is 0. The first-order chi connectivity index (χ1) is 15.8. The van der Waals surface area contributed by atoms with Crippen molar-refractivity contribution in [2.24, 2.45) is 0 Å². The third-order valence-corrected chi connectivity index (χ3v) is 7.10. The molecule has 0 aromatic heterocycles. The third-order valence-electron chi connectivity index (χ3n) is 6.21. The maximum atomic E-state index is 11.9. The van der Waals surface area contributed by atoms with Crippen LogP contribution < -0.4 is 0 Å². The molecule has 0 aliphatic heterocycles. The number of hydrogen-bond acceptors (Lipinski definition) is 3. The molecular formula is C28H26O4S. The highest BCUT2D eigenvalue weighted by Crippen LogP contribution is 2.42. The van der Waals surface area contributed by atoms with E-state index in [2.05, 4.69) is 31.2 Å². The summed E-state index contributed by atoms with van der Waals surface area (Å²) in [7, 11) is -4.57. The minimum absolute atomic E-state index is 0.228. The standard InChI is InChI=1S/C28H26O4S/c1-19(21-9-5-3-6-10-21)22-13-15-23(16-14-22)20(2)27-25(24-11-7-4-8-12-24)17-18-26(28(27)29)33(30,31)32/h3-20,29H,1-2H3,(H,30,31,32). The molecule has 4 aromatic rings. The van der Waals surface area contributed by atoms with E-state index in [0.29, 0.717) is 5.56 Å². The molecule has 4 aromatic carbocycles. The van der Waals surface area contributed by atoms with Crippen molar-refractivity contribution in [2.75, 3.05) is 0 Å². The van der Waals surface area contributed by atoms with E-state index in [9.17, 15) is 18.1 Å². The molecule has 0 heterocycles. The second kappa shape index (κ2) is 9.22. The Morgan fingerprint density at radius 3 is 1.67 bits per heavy atom. The molecular weight excluding hydrogens is 432 g/mol. The summed E-state index contributed by atoms with van der Waals surface area (Å²) in [6, 6.07) is 30.8. The molecule has 0 saturated heterocycles. The third kappa shape index (κ3) is 4.70. The largest absolute Gasteiger partial charge is 0.506 e. The molecule has 0 bridgehead atoms. The van der Waals surface area contributed by atoms with E-state index in [4.69, 9.17) is 0 Å². The minimum Gasteiger partial charge on any atom is -0.506 e. The van der Waals surface area contributed by atoms with Crippen LogP contribution >= 0.6 is 0 Å². The number of rotatable bonds is 6. The van der Waals surface area contributed by atoms with Gasteiger partial charge in [0.1, 0.15) is 10.6 Å². The van der Waals surface area contributed by atoms with E-state index in [-0.39, 0.29) is 11.8 Å². The van der Waals surface area contributed by atoms with Crippen LogP contribution in [0.2, 0.25) is 0 Å². The van der Waals surface area contributed by atoms with E-state index in [1.54, 1.807) is 6.07 Å². The number of hydrogen-bond donors (Lipinski definition) is 2. The Morgan fingerprint density at radius 1 is 0.636 bits per heavy atom. The molecule has 0 radical (unpaired) electrons. The average molecular weight is 459 g/mol. The summed E-state index contributed by atoms with van der Waals surface area (Å²) >= 11 is 0. The van der Waals surface area contributed by atoms with Gasteiger partial charge in [-0.1, -0.05) is 105 Å². The highest BCUT2D eigenvalue weighted by Gasteiger charge is 2.25. The van der Waals surface area contributed by atoms with Gasteiger partial charge in [0, 0.05) is 17.4 Å². The summed E-state index contributed by atoms with van der Waals surface area (Å²) in [5.41, 5.74) is 5.35. The van der Waals surface area contributed by atoms with Crippen molar-refractivity contribution in [3.63, 3.8) is 0 Å². The molecule has 5 heteroatoms. The first kappa shape index (κ1) is 22.8. The molecule has 0 saturated carbocycles. The molecule has 0 spiro atoms. The topological polar surface area (TPSA) is 74.6 Å². The van der Waals surface area contributed by atoms with E-state index in [0.717, 1.165) is 22.3 Å². The molecule has 0 fully saturated rings. The lowest BCUT2D eigenvalue weighted by Gasteiger charge is -2.21. The van der Waals surface area contributed by atoms with Crippen LogP contribution in [0.5, 0.6) is 5.75 Å². The average Bonchev–Trinajstić information content (AvgIpc) is 2.83. The maximum Gasteiger partial charge on any atom is 0.298 e. The lowest BCUT2D eigenvalue weighted by atomic mass is 9.85. The first-order valence-corrected chi connectivity index (χ1v) is 12.2. The number of phenols is 1. The zero-order valence-electron chi connectivity index (χ0n) is 18.5. The van der Waals surface area contributed by atoms with Gasteiger partial charge in [0.2, 0.25) is 0 Å². The zero-order valence-corrected chi connectivity index (χ0v) is 19.3. The van der Waals surface area contributed by atoms with Crippen LogP contribution in [0.25, 0.3) is 11.1 Å². The maximum absolute atomic E-state index is 11.9. The van der Waals surface area contributed by atoms with Gasteiger partial charge in [0.15, 0.2) is 0 Å². The Kier molecular flexibility index (Phi) is 6.36. The normalized spacial score (nSPS) is 13.4. The van der Waals surface area contributed by atoms with E-state index in [1.807, 2.05) is 67.6 Å². The molecule has 0 aliphatic rings. The van der Waals surface area contributed by atoms with Gasteiger partial charge in [-0.2, -0.15) is 8.42 Å². The van der Waals surface area contributed by atoms with Crippen LogP contribution in [0.1, 0.15) is 47.9 Å². The highest BCUT2D eigenvalue weighted by molar-refractivity contribution is 7.86. The minimum atomic E-state index is -4.57. The predicted molar refractivity (Wildman–Crippen MR) is 131 cm³/mol. The SMILES string of the molecule is CC(c1ccccc1)c1ccc(C(C)c2c(-c3ccccc3)ccc(S(=O)(=O)O)c2O)cc1. The molecule has 33 heavy (non-hydrogen) atoms. The van der Waals surface area contributed by atoms with Crippen molar-refractivity contribution in [2.45, 2.75) is 30.6 Å². The van der Waals surface area contributed by atoms with Crippen molar-refractivity contribution in [3.8, 4) is 16.9 Å². The van der Waals surface area contributed by atoms with E-state index >= 15 is 0 Å².